The highest BCUT2D eigenvalue weighted by molar-refractivity contribution is 7.88. The Balaban J connectivity index is 1.80. The molecule has 24 heavy (non-hydrogen) atoms. The van der Waals surface area contributed by atoms with Crippen LogP contribution in [0.4, 0.5) is 5.69 Å². The van der Waals surface area contributed by atoms with Crippen LogP contribution in [0.15, 0.2) is 42.5 Å². The Bertz CT molecular complexity index is 891. The van der Waals surface area contributed by atoms with Gasteiger partial charge in [0.1, 0.15) is 0 Å². The van der Waals surface area contributed by atoms with Crippen molar-refractivity contribution in [2.45, 2.75) is 19.9 Å². The van der Waals surface area contributed by atoms with Crippen molar-refractivity contribution in [2.24, 2.45) is 0 Å². The van der Waals surface area contributed by atoms with Gasteiger partial charge < -0.3 is 5.32 Å². The first-order valence-electron chi connectivity index (χ1n) is 7.78. The molecule has 1 N–H and O–H groups in total. The number of amides is 1. The molecule has 0 aromatic heterocycles. The van der Waals surface area contributed by atoms with Crippen LogP contribution in [0, 0.1) is 6.92 Å². The van der Waals surface area contributed by atoms with Gasteiger partial charge in [-0.1, -0.05) is 23.8 Å². The van der Waals surface area contributed by atoms with Gasteiger partial charge in [-0.3, -0.25) is 4.79 Å². The number of anilines is 1. The standard InChI is InChI=1S/C18H20N2O3S/c1-13-4-3-5-15(10-13)18(21)19-17-7-6-14-8-9-20(24(2,22)23)12-16(14)11-17/h3-7,10-11H,8-9,12H2,1-2H3,(H,19,21). The minimum atomic E-state index is -3.21. The zero-order valence-corrected chi connectivity index (χ0v) is 14.6. The van der Waals surface area contributed by atoms with Gasteiger partial charge in [0.25, 0.3) is 5.91 Å². The molecule has 0 spiro atoms. The molecule has 126 valence electrons. The van der Waals surface area contributed by atoms with E-state index < -0.39 is 10.0 Å². The van der Waals surface area contributed by atoms with Gasteiger partial charge in [0.05, 0.1) is 6.26 Å². The zero-order chi connectivity index (χ0) is 17.3. The lowest BCUT2D eigenvalue weighted by Gasteiger charge is -2.27. The maximum atomic E-state index is 12.3. The second-order valence-electron chi connectivity index (χ2n) is 6.15. The minimum Gasteiger partial charge on any atom is -0.322 e. The van der Waals surface area contributed by atoms with Crippen molar-refractivity contribution in [1.29, 1.82) is 0 Å². The number of carbonyl (C=O) groups is 1. The lowest BCUT2D eigenvalue weighted by Crippen LogP contribution is -2.35. The minimum absolute atomic E-state index is 0.172. The van der Waals surface area contributed by atoms with Gasteiger partial charge in [-0.2, -0.15) is 4.31 Å². The zero-order valence-electron chi connectivity index (χ0n) is 13.7. The molecule has 0 aliphatic carbocycles. The predicted molar refractivity (Wildman–Crippen MR) is 94.5 cm³/mol. The topological polar surface area (TPSA) is 66.5 Å². The number of hydrogen-bond acceptors (Lipinski definition) is 3. The highest BCUT2D eigenvalue weighted by Gasteiger charge is 2.23. The largest absolute Gasteiger partial charge is 0.322 e. The van der Waals surface area contributed by atoms with E-state index in [0.29, 0.717) is 30.8 Å². The van der Waals surface area contributed by atoms with Crippen LogP contribution < -0.4 is 5.32 Å². The molecule has 0 unspecified atom stereocenters. The van der Waals surface area contributed by atoms with Crippen molar-refractivity contribution in [3.05, 3.63) is 64.7 Å². The van der Waals surface area contributed by atoms with E-state index in [2.05, 4.69) is 5.32 Å². The van der Waals surface area contributed by atoms with Crippen molar-refractivity contribution < 1.29 is 13.2 Å². The molecule has 0 radical (unpaired) electrons. The molecule has 1 heterocycles. The van der Waals surface area contributed by atoms with Gasteiger partial charge in [-0.25, -0.2) is 8.42 Å². The van der Waals surface area contributed by atoms with Crippen molar-refractivity contribution >= 4 is 21.6 Å². The average molecular weight is 344 g/mol. The molecule has 2 aromatic carbocycles. The second-order valence-corrected chi connectivity index (χ2v) is 8.14. The highest BCUT2D eigenvalue weighted by atomic mass is 32.2. The predicted octanol–water partition coefficient (Wildman–Crippen LogP) is 2.57. The smallest absolute Gasteiger partial charge is 0.255 e. The highest BCUT2D eigenvalue weighted by Crippen LogP contribution is 2.24. The van der Waals surface area contributed by atoms with E-state index in [1.54, 1.807) is 6.07 Å². The third-order valence-corrected chi connectivity index (χ3v) is 5.44. The number of benzene rings is 2. The summed E-state index contributed by atoms with van der Waals surface area (Å²) in [6, 6.07) is 13.1. The van der Waals surface area contributed by atoms with E-state index in [4.69, 9.17) is 0 Å². The van der Waals surface area contributed by atoms with Crippen LogP contribution >= 0.6 is 0 Å². The number of rotatable bonds is 3. The number of sulfonamides is 1. The maximum absolute atomic E-state index is 12.3. The molecule has 2 aromatic rings. The van der Waals surface area contributed by atoms with Crippen LogP contribution in [0.25, 0.3) is 0 Å². The molecular formula is C18H20N2O3S. The summed E-state index contributed by atoms with van der Waals surface area (Å²) in [5.74, 6) is -0.172. The summed E-state index contributed by atoms with van der Waals surface area (Å²) < 4.78 is 24.9. The van der Waals surface area contributed by atoms with Gasteiger partial charge in [-0.05, 0) is 48.7 Å². The summed E-state index contributed by atoms with van der Waals surface area (Å²) >= 11 is 0. The number of carbonyl (C=O) groups excluding carboxylic acids is 1. The molecule has 3 rings (SSSR count). The Hall–Kier alpha value is -2.18. The van der Waals surface area contributed by atoms with Gasteiger partial charge in [0.2, 0.25) is 10.0 Å². The first-order chi connectivity index (χ1) is 11.3. The molecule has 5 nitrogen and oxygen atoms in total. The number of nitrogens with one attached hydrogen (secondary N) is 1. The van der Waals surface area contributed by atoms with Crippen molar-refractivity contribution in [2.75, 3.05) is 18.1 Å². The Morgan fingerprint density at radius 2 is 1.92 bits per heavy atom. The lowest BCUT2D eigenvalue weighted by atomic mass is 10.0. The molecule has 1 aliphatic rings. The number of aryl methyl sites for hydroxylation is 1. The van der Waals surface area contributed by atoms with Crippen molar-refractivity contribution in [3.8, 4) is 0 Å². The van der Waals surface area contributed by atoms with Gasteiger partial charge in [-0.15, -0.1) is 0 Å². The van der Waals surface area contributed by atoms with Gasteiger partial charge in [0, 0.05) is 24.3 Å². The molecule has 0 saturated carbocycles. The fourth-order valence-corrected chi connectivity index (χ4v) is 3.68. The summed E-state index contributed by atoms with van der Waals surface area (Å²) in [6.07, 6.45) is 1.91. The van der Waals surface area contributed by atoms with Crippen molar-refractivity contribution in [1.82, 2.24) is 4.31 Å². The second kappa shape index (κ2) is 6.37. The Morgan fingerprint density at radius 1 is 1.12 bits per heavy atom. The quantitative estimate of drug-likeness (QED) is 0.930. The Morgan fingerprint density at radius 3 is 2.62 bits per heavy atom. The fraction of sp³-hybridized carbons (Fsp3) is 0.278. The van der Waals surface area contributed by atoms with Crippen molar-refractivity contribution in [3.63, 3.8) is 0 Å². The third kappa shape index (κ3) is 3.66. The average Bonchev–Trinajstić information content (AvgIpc) is 2.53. The maximum Gasteiger partial charge on any atom is 0.255 e. The summed E-state index contributed by atoms with van der Waals surface area (Å²) in [5.41, 5.74) is 4.37. The summed E-state index contributed by atoms with van der Waals surface area (Å²) in [6.45, 7) is 2.79. The molecule has 0 atom stereocenters. The molecule has 0 saturated heterocycles. The first kappa shape index (κ1) is 16.7. The molecule has 0 bridgehead atoms. The summed E-state index contributed by atoms with van der Waals surface area (Å²) in [7, 11) is -3.21. The summed E-state index contributed by atoms with van der Waals surface area (Å²) in [5, 5.41) is 2.88. The summed E-state index contributed by atoms with van der Waals surface area (Å²) in [4.78, 5) is 12.3. The monoisotopic (exact) mass is 344 g/mol. The molecule has 1 aliphatic heterocycles. The lowest BCUT2D eigenvalue weighted by molar-refractivity contribution is 0.102. The number of hydrogen-bond donors (Lipinski definition) is 1. The normalized spacial score (nSPS) is 14.9. The Kier molecular flexibility index (Phi) is 4.43. The first-order valence-corrected chi connectivity index (χ1v) is 9.63. The molecule has 1 amide bonds. The van der Waals surface area contributed by atoms with E-state index in [9.17, 15) is 13.2 Å². The number of nitrogens with zero attached hydrogens (tertiary/aromatic N) is 1. The molecular weight excluding hydrogens is 324 g/mol. The van der Waals surface area contributed by atoms with E-state index in [0.717, 1.165) is 16.7 Å². The Labute approximate surface area is 142 Å². The fourth-order valence-electron chi connectivity index (χ4n) is 2.88. The molecule has 0 fully saturated rings. The van der Waals surface area contributed by atoms with Crippen LogP contribution in [0.2, 0.25) is 0 Å². The van der Waals surface area contributed by atoms with Gasteiger partial charge in [0.15, 0.2) is 0 Å². The van der Waals surface area contributed by atoms with Crippen LogP contribution in [0.3, 0.4) is 0 Å². The van der Waals surface area contributed by atoms with Crippen LogP contribution in [0.5, 0.6) is 0 Å². The van der Waals surface area contributed by atoms with E-state index in [-0.39, 0.29) is 5.91 Å². The van der Waals surface area contributed by atoms with Crippen LogP contribution in [-0.4, -0.2) is 31.4 Å². The van der Waals surface area contributed by atoms with Crippen LogP contribution in [0.1, 0.15) is 27.0 Å². The SMILES string of the molecule is Cc1cccc(C(=O)Nc2ccc3c(c2)CN(S(C)(=O)=O)CC3)c1. The van der Waals surface area contributed by atoms with E-state index in [1.165, 1.54) is 10.6 Å². The van der Waals surface area contributed by atoms with Crippen LogP contribution in [-0.2, 0) is 23.0 Å². The van der Waals surface area contributed by atoms with E-state index >= 15 is 0 Å². The number of fused-ring (bicyclic) bond motifs is 1. The molecule has 6 heteroatoms. The van der Waals surface area contributed by atoms with E-state index in [1.807, 2.05) is 43.3 Å². The third-order valence-electron chi connectivity index (χ3n) is 4.19. The van der Waals surface area contributed by atoms with Gasteiger partial charge >= 0.3 is 0 Å².